The second-order valence-corrected chi connectivity index (χ2v) is 1.39. The van der Waals surface area contributed by atoms with Gasteiger partial charge >= 0.3 is 0 Å². The molecule has 1 atom stereocenters. The second kappa shape index (κ2) is 2.51. The van der Waals surface area contributed by atoms with Crippen molar-refractivity contribution in [1.29, 1.82) is 0 Å². The Labute approximate surface area is 60.4 Å². The van der Waals surface area contributed by atoms with E-state index in [-0.39, 0.29) is 0 Å². The smallest absolute Gasteiger partial charge is 0.121 e. The van der Waals surface area contributed by atoms with E-state index in [0.717, 1.165) is 0 Å². The molecule has 0 aliphatic rings. The predicted molar refractivity (Wildman–Crippen MR) is 34.0 cm³/mol. The third kappa shape index (κ3) is 1.21. The minimum Gasteiger partial charge on any atom is -0.508 e. The predicted octanol–water partition coefficient (Wildman–Crippen LogP) is 0.884. The van der Waals surface area contributed by atoms with Gasteiger partial charge in [-0.2, -0.15) is 0 Å². The molecule has 0 amide bonds. The van der Waals surface area contributed by atoms with Crippen molar-refractivity contribution < 1.29 is 17.1 Å². The van der Waals surface area contributed by atoms with Crippen LogP contribution in [0.4, 0.5) is 0 Å². The molecule has 0 aliphatic carbocycles. The van der Waals surface area contributed by atoms with E-state index in [1.807, 2.05) is 0 Å². The minimum absolute atomic E-state index is 0.504. The van der Waals surface area contributed by atoms with Crippen molar-refractivity contribution in [2.45, 2.75) is 6.58 Å². The summed E-state index contributed by atoms with van der Waals surface area (Å²) in [5.41, 5.74) is -0.504. The maximum absolute atomic E-state index is 9.26. The van der Waals surface area contributed by atoms with Gasteiger partial charge in [0.2, 0.25) is 0 Å². The highest BCUT2D eigenvalue weighted by Crippen LogP contribution is 2.14. The number of rotatable bonds is 1. The average molecular weight is 129 g/mol. The molecule has 0 radical (unpaired) electrons. The zero-order chi connectivity index (χ0) is 11.0. The summed E-state index contributed by atoms with van der Waals surface area (Å²) in [6, 6.07) is -2.40. The Morgan fingerprint density at radius 1 is 1.56 bits per heavy atom. The number of aromatic hydroxyl groups is 1. The number of para-hydroxylation sites is 1. The van der Waals surface area contributed by atoms with Crippen molar-refractivity contribution in [2.24, 2.45) is 0 Å². The van der Waals surface area contributed by atoms with Crippen LogP contribution in [0.1, 0.15) is 12.4 Å². The highest BCUT2D eigenvalue weighted by Gasteiger charge is 1.93. The van der Waals surface area contributed by atoms with Gasteiger partial charge < -0.3 is 10.2 Å². The van der Waals surface area contributed by atoms with Crippen LogP contribution in [0.15, 0.2) is 24.2 Å². The van der Waals surface area contributed by atoms with Gasteiger partial charge in [0.05, 0.1) is 13.4 Å². The van der Waals surface area contributed by atoms with Crippen LogP contribution in [-0.2, 0) is 6.58 Å². The lowest BCUT2D eigenvalue weighted by atomic mass is 10.2. The summed E-state index contributed by atoms with van der Waals surface area (Å²) >= 11 is 0. The van der Waals surface area contributed by atoms with Crippen molar-refractivity contribution in [3.8, 4) is 5.75 Å². The summed E-state index contributed by atoms with van der Waals surface area (Å²) in [6.45, 7) is -1.88. The summed E-state index contributed by atoms with van der Waals surface area (Å²) in [7, 11) is 0. The SMILES string of the molecule is [2H]c1c([2H])c([2H])c([C@@H]([2H])O)c(O)c1[2H]. The van der Waals surface area contributed by atoms with Crippen LogP contribution >= 0.6 is 0 Å². The molecular weight excluding hydrogens is 116 g/mol. The highest BCUT2D eigenvalue weighted by atomic mass is 16.3. The van der Waals surface area contributed by atoms with E-state index >= 15 is 0 Å². The monoisotopic (exact) mass is 129 g/mol. The van der Waals surface area contributed by atoms with Gasteiger partial charge in [-0.05, 0) is 6.04 Å². The van der Waals surface area contributed by atoms with E-state index in [1.54, 1.807) is 0 Å². The molecule has 0 saturated carbocycles. The molecule has 0 heterocycles. The standard InChI is InChI=1S/C7H8O2/c8-5-6-3-1-2-4-7(6)9/h1-4,8-9H,5H2/i1D,2D,3D,4D,5D/t5-/m1/s1. The molecular formula is C7H8O2. The molecule has 0 bridgehead atoms. The molecule has 9 heavy (non-hydrogen) atoms. The lowest BCUT2D eigenvalue weighted by molar-refractivity contribution is 0.275. The van der Waals surface area contributed by atoms with Gasteiger partial charge in [0.1, 0.15) is 5.75 Å². The van der Waals surface area contributed by atoms with Crippen molar-refractivity contribution in [1.82, 2.24) is 0 Å². The quantitative estimate of drug-likeness (QED) is 0.591. The molecule has 0 aromatic heterocycles. The Morgan fingerprint density at radius 2 is 2.22 bits per heavy atom. The fraction of sp³-hybridized carbons (Fsp3) is 0.143. The molecule has 2 heteroatoms. The molecule has 1 rings (SSSR count). The van der Waals surface area contributed by atoms with Crippen LogP contribution in [0.25, 0.3) is 0 Å². The molecule has 1 aromatic carbocycles. The van der Waals surface area contributed by atoms with E-state index in [2.05, 4.69) is 0 Å². The summed E-state index contributed by atoms with van der Waals surface area (Å²) in [6.07, 6.45) is 0. The van der Waals surface area contributed by atoms with E-state index in [1.165, 1.54) is 0 Å². The van der Waals surface area contributed by atoms with E-state index in [0.29, 0.717) is 0 Å². The number of hydrogen-bond acceptors (Lipinski definition) is 2. The largest absolute Gasteiger partial charge is 0.508 e. The first kappa shape index (κ1) is 2.31. The van der Waals surface area contributed by atoms with Crippen molar-refractivity contribution in [3.05, 3.63) is 29.7 Å². The lowest BCUT2D eigenvalue weighted by Crippen LogP contribution is -1.80. The Kier molecular flexibility index (Phi) is 0.643. The zero-order valence-corrected chi connectivity index (χ0v) is 4.47. The second-order valence-electron chi connectivity index (χ2n) is 1.39. The maximum Gasteiger partial charge on any atom is 0.121 e. The van der Waals surface area contributed by atoms with Crippen LogP contribution in [0.5, 0.6) is 5.75 Å². The normalized spacial score (nSPS) is 20.8. The maximum atomic E-state index is 9.26. The summed E-state index contributed by atoms with van der Waals surface area (Å²) in [4.78, 5) is 0. The van der Waals surface area contributed by atoms with Gasteiger partial charge in [-0.25, -0.2) is 0 Å². The Hall–Kier alpha value is -1.02. The van der Waals surface area contributed by atoms with Gasteiger partial charge in [-0.3, -0.25) is 0 Å². The molecule has 0 spiro atoms. The van der Waals surface area contributed by atoms with Gasteiger partial charge in [0.15, 0.2) is 0 Å². The fourth-order valence-corrected chi connectivity index (χ4v) is 0.409. The van der Waals surface area contributed by atoms with Gasteiger partial charge in [0.25, 0.3) is 0 Å². The first-order chi connectivity index (χ1) is 6.37. The van der Waals surface area contributed by atoms with E-state index in [9.17, 15) is 5.11 Å². The van der Waals surface area contributed by atoms with Crippen LogP contribution in [0.2, 0.25) is 0 Å². The number of aliphatic hydroxyl groups excluding tert-OH is 1. The van der Waals surface area contributed by atoms with Crippen molar-refractivity contribution >= 4 is 0 Å². The highest BCUT2D eigenvalue weighted by molar-refractivity contribution is 5.30. The number of aliphatic hydroxyl groups is 1. The van der Waals surface area contributed by atoms with Crippen molar-refractivity contribution in [3.63, 3.8) is 0 Å². The van der Waals surface area contributed by atoms with Crippen LogP contribution in [-0.4, -0.2) is 10.2 Å². The first-order valence-electron chi connectivity index (χ1n) is 4.85. The van der Waals surface area contributed by atoms with E-state index in [4.69, 9.17) is 12.0 Å². The summed E-state index contributed by atoms with van der Waals surface area (Å²) in [5.74, 6) is -0.779. The van der Waals surface area contributed by atoms with E-state index < -0.39 is 42.1 Å². The van der Waals surface area contributed by atoms with Crippen LogP contribution < -0.4 is 0 Å². The average Bonchev–Trinajstić information content (AvgIpc) is 2.11. The van der Waals surface area contributed by atoms with Crippen molar-refractivity contribution in [2.75, 3.05) is 0 Å². The van der Waals surface area contributed by atoms with Gasteiger partial charge in [-0.1, -0.05) is 18.1 Å². The summed E-state index contributed by atoms with van der Waals surface area (Å²) in [5, 5.41) is 18.1. The molecule has 2 nitrogen and oxygen atoms in total. The molecule has 0 saturated heterocycles. The first-order valence-corrected chi connectivity index (χ1v) is 2.27. The molecule has 0 fully saturated rings. The van der Waals surface area contributed by atoms with Gasteiger partial charge in [0, 0.05) is 5.56 Å². The molecule has 2 N–H and O–H groups in total. The number of benzene rings is 1. The van der Waals surface area contributed by atoms with Gasteiger partial charge in [-0.15, -0.1) is 0 Å². The Morgan fingerprint density at radius 3 is 2.89 bits per heavy atom. The zero-order valence-electron chi connectivity index (χ0n) is 9.47. The lowest BCUT2D eigenvalue weighted by Gasteiger charge is -1.96. The third-order valence-electron chi connectivity index (χ3n) is 0.825. The Balaban J connectivity index is 3.60. The molecule has 48 valence electrons. The summed E-state index contributed by atoms with van der Waals surface area (Å²) < 4.78 is 35.7. The fourth-order valence-electron chi connectivity index (χ4n) is 0.409. The van der Waals surface area contributed by atoms with Crippen LogP contribution in [0, 0.1) is 0 Å². The Bertz CT molecular complexity index is 348. The molecule has 0 aliphatic heterocycles. The minimum atomic E-state index is -1.88. The number of hydrogen-bond donors (Lipinski definition) is 2. The number of phenols is 1. The third-order valence-corrected chi connectivity index (χ3v) is 0.825. The topological polar surface area (TPSA) is 40.5 Å². The molecule has 1 aromatic rings. The van der Waals surface area contributed by atoms with Crippen LogP contribution in [0.3, 0.4) is 0 Å². The molecule has 0 unspecified atom stereocenters.